The number of oxazole rings is 1. The average Bonchev–Trinajstić information content (AvgIpc) is 3.39. The van der Waals surface area contributed by atoms with Gasteiger partial charge in [0.25, 0.3) is 5.69 Å². The molecule has 0 unspecified atom stereocenters. The molecule has 0 bridgehead atoms. The lowest BCUT2D eigenvalue weighted by atomic mass is 10.0. The monoisotopic (exact) mass is 492 g/mol. The summed E-state index contributed by atoms with van der Waals surface area (Å²) in [6.07, 6.45) is 0. The first kappa shape index (κ1) is 23.5. The van der Waals surface area contributed by atoms with Crippen molar-refractivity contribution in [3.8, 4) is 45.5 Å². The summed E-state index contributed by atoms with van der Waals surface area (Å²) < 4.78 is 17.4. The van der Waals surface area contributed by atoms with E-state index in [1.807, 2.05) is 36.4 Å². The Labute approximate surface area is 211 Å². The van der Waals surface area contributed by atoms with Gasteiger partial charge in [0.1, 0.15) is 17.2 Å². The van der Waals surface area contributed by atoms with Crippen LogP contribution in [0, 0.1) is 10.1 Å². The smallest absolute Gasteiger partial charge is 0.343 e. The minimum absolute atomic E-state index is 0.0491. The molecule has 0 spiro atoms. The third-order valence-electron chi connectivity index (χ3n) is 5.64. The number of hydrogen-bond donors (Lipinski definition) is 0. The van der Waals surface area contributed by atoms with Crippen LogP contribution in [0.5, 0.6) is 11.5 Å². The number of rotatable bonds is 7. The van der Waals surface area contributed by atoms with Gasteiger partial charge in [0, 0.05) is 23.3 Å². The van der Waals surface area contributed by atoms with Crippen LogP contribution in [-0.2, 0) is 0 Å². The van der Waals surface area contributed by atoms with E-state index in [0.717, 1.165) is 5.56 Å². The SMILES string of the molecule is COc1ccc(OC(=O)c2ccccc2)c(-c2nc(-c3ccccc3)oc2-c2ccc([N+](=O)[O-])cc2)c1. The molecule has 0 N–H and O–H groups in total. The van der Waals surface area contributed by atoms with E-state index < -0.39 is 10.9 Å². The molecule has 1 aromatic heterocycles. The van der Waals surface area contributed by atoms with Gasteiger partial charge in [-0.3, -0.25) is 10.1 Å². The molecule has 0 saturated carbocycles. The quantitative estimate of drug-likeness (QED) is 0.106. The van der Waals surface area contributed by atoms with Crippen molar-refractivity contribution in [1.29, 1.82) is 0 Å². The number of esters is 1. The number of hydrogen-bond acceptors (Lipinski definition) is 7. The minimum atomic E-state index is -0.532. The average molecular weight is 492 g/mol. The van der Waals surface area contributed by atoms with E-state index in [9.17, 15) is 14.9 Å². The van der Waals surface area contributed by atoms with Crippen LogP contribution in [0.1, 0.15) is 10.4 Å². The van der Waals surface area contributed by atoms with Gasteiger partial charge < -0.3 is 13.9 Å². The molecule has 0 atom stereocenters. The molecular weight excluding hydrogens is 472 g/mol. The summed E-state index contributed by atoms with van der Waals surface area (Å²) >= 11 is 0. The number of nitrogens with zero attached hydrogens (tertiary/aromatic N) is 2. The number of ether oxygens (including phenoxy) is 2. The van der Waals surface area contributed by atoms with Crippen molar-refractivity contribution >= 4 is 11.7 Å². The molecule has 8 nitrogen and oxygen atoms in total. The van der Waals surface area contributed by atoms with Crippen LogP contribution in [0.3, 0.4) is 0 Å². The van der Waals surface area contributed by atoms with Gasteiger partial charge in [0.05, 0.1) is 23.2 Å². The van der Waals surface area contributed by atoms with Gasteiger partial charge in [-0.2, -0.15) is 0 Å². The van der Waals surface area contributed by atoms with E-state index in [1.165, 1.54) is 19.2 Å². The molecule has 4 aromatic carbocycles. The second-order valence-electron chi connectivity index (χ2n) is 7.98. The van der Waals surface area contributed by atoms with Gasteiger partial charge in [0.15, 0.2) is 5.76 Å². The number of benzene rings is 4. The van der Waals surface area contributed by atoms with Gasteiger partial charge in [-0.1, -0.05) is 36.4 Å². The molecule has 0 aliphatic carbocycles. The third-order valence-corrected chi connectivity index (χ3v) is 5.64. The maximum Gasteiger partial charge on any atom is 0.343 e. The van der Waals surface area contributed by atoms with Crippen molar-refractivity contribution < 1.29 is 23.6 Å². The summed E-state index contributed by atoms with van der Waals surface area (Å²) in [5.74, 6) is 0.945. The molecule has 0 aliphatic rings. The first-order chi connectivity index (χ1) is 18.0. The topological polar surface area (TPSA) is 105 Å². The van der Waals surface area contributed by atoms with Crippen LogP contribution < -0.4 is 9.47 Å². The third kappa shape index (κ3) is 4.94. The first-order valence-electron chi connectivity index (χ1n) is 11.3. The second kappa shape index (κ2) is 10.2. The summed E-state index contributed by atoms with van der Waals surface area (Å²) in [5, 5.41) is 11.2. The van der Waals surface area contributed by atoms with Crippen molar-refractivity contribution in [2.45, 2.75) is 0 Å². The van der Waals surface area contributed by atoms with Gasteiger partial charge in [-0.05, 0) is 54.6 Å². The van der Waals surface area contributed by atoms with Gasteiger partial charge in [-0.25, -0.2) is 9.78 Å². The number of aromatic nitrogens is 1. The molecule has 37 heavy (non-hydrogen) atoms. The molecule has 0 amide bonds. The fraction of sp³-hybridized carbons (Fsp3) is 0.0345. The maximum absolute atomic E-state index is 12.9. The molecule has 182 valence electrons. The molecular formula is C29H20N2O6. The molecule has 0 aliphatic heterocycles. The molecule has 8 heteroatoms. The zero-order chi connectivity index (χ0) is 25.8. The highest BCUT2D eigenvalue weighted by atomic mass is 16.6. The number of carbonyl (C=O) groups excluding carboxylic acids is 1. The lowest BCUT2D eigenvalue weighted by molar-refractivity contribution is -0.384. The van der Waals surface area contributed by atoms with Crippen molar-refractivity contribution in [3.05, 3.63) is 119 Å². The highest BCUT2D eigenvalue weighted by Crippen LogP contribution is 2.41. The van der Waals surface area contributed by atoms with Crippen LogP contribution in [0.2, 0.25) is 0 Å². The van der Waals surface area contributed by atoms with Crippen LogP contribution >= 0.6 is 0 Å². The first-order valence-corrected chi connectivity index (χ1v) is 11.3. The van der Waals surface area contributed by atoms with E-state index in [-0.39, 0.29) is 11.4 Å². The van der Waals surface area contributed by atoms with Crippen LogP contribution in [-0.4, -0.2) is 23.0 Å². The zero-order valence-electron chi connectivity index (χ0n) is 19.7. The molecule has 0 fully saturated rings. The Morgan fingerprint density at radius 1 is 0.865 bits per heavy atom. The van der Waals surface area contributed by atoms with E-state index in [1.54, 1.807) is 54.6 Å². The Morgan fingerprint density at radius 3 is 2.19 bits per heavy atom. The number of nitro benzene ring substituents is 1. The Balaban J connectivity index is 1.66. The largest absolute Gasteiger partial charge is 0.497 e. The maximum atomic E-state index is 12.9. The molecule has 5 aromatic rings. The Bertz CT molecular complexity index is 1560. The van der Waals surface area contributed by atoms with Crippen molar-refractivity contribution in [1.82, 2.24) is 4.98 Å². The van der Waals surface area contributed by atoms with Gasteiger partial charge >= 0.3 is 5.97 Å². The lowest BCUT2D eigenvalue weighted by Crippen LogP contribution is -2.09. The lowest BCUT2D eigenvalue weighted by Gasteiger charge is -2.11. The predicted octanol–water partition coefficient (Wildman–Crippen LogP) is 6.81. The summed E-state index contributed by atoms with van der Waals surface area (Å²) in [6, 6.07) is 29.0. The Kier molecular flexibility index (Phi) is 6.46. The number of non-ortho nitro benzene ring substituents is 1. The second-order valence-corrected chi connectivity index (χ2v) is 7.98. The highest BCUT2D eigenvalue weighted by Gasteiger charge is 2.23. The van der Waals surface area contributed by atoms with Crippen LogP contribution in [0.25, 0.3) is 34.0 Å². The highest BCUT2D eigenvalue weighted by molar-refractivity contribution is 5.93. The summed E-state index contributed by atoms with van der Waals surface area (Å²) in [5.41, 5.74) is 2.50. The number of methoxy groups -OCH3 is 1. The predicted molar refractivity (Wildman–Crippen MR) is 137 cm³/mol. The standard InChI is InChI=1S/C29H20N2O6/c1-35-23-16-17-25(36-29(32)21-10-6-3-7-11-21)24(18-23)26-27(19-12-14-22(15-13-19)31(33)34)37-28(30-26)20-8-4-2-5-9-20/h2-18H,1H3. The van der Waals surface area contributed by atoms with Gasteiger partial charge in [0.2, 0.25) is 5.89 Å². The van der Waals surface area contributed by atoms with Crippen molar-refractivity contribution in [2.24, 2.45) is 0 Å². The summed E-state index contributed by atoms with van der Waals surface area (Å²) in [6.45, 7) is 0. The molecule has 0 radical (unpaired) electrons. The van der Waals surface area contributed by atoms with Crippen LogP contribution in [0.4, 0.5) is 5.69 Å². The van der Waals surface area contributed by atoms with E-state index in [4.69, 9.17) is 18.9 Å². The number of nitro groups is 1. The normalized spacial score (nSPS) is 10.6. The van der Waals surface area contributed by atoms with E-state index in [0.29, 0.717) is 39.8 Å². The zero-order valence-corrected chi connectivity index (χ0v) is 19.7. The molecule has 5 rings (SSSR count). The molecule has 1 heterocycles. The molecule has 0 saturated heterocycles. The Morgan fingerprint density at radius 2 is 1.54 bits per heavy atom. The fourth-order valence-corrected chi connectivity index (χ4v) is 3.78. The fourth-order valence-electron chi connectivity index (χ4n) is 3.78. The van der Waals surface area contributed by atoms with Gasteiger partial charge in [-0.15, -0.1) is 0 Å². The van der Waals surface area contributed by atoms with Crippen LogP contribution in [0.15, 0.2) is 108 Å². The van der Waals surface area contributed by atoms with E-state index >= 15 is 0 Å². The Hall–Kier alpha value is -5.24. The summed E-state index contributed by atoms with van der Waals surface area (Å²) in [4.78, 5) is 28.3. The van der Waals surface area contributed by atoms with Crippen molar-refractivity contribution in [3.63, 3.8) is 0 Å². The number of carbonyl (C=O) groups is 1. The summed E-state index contributed by atoms with van der Waals surface area (Å²) in [7, 11) is 1.53. The minimum Gasteiger partial charge on any atom is -0.497 e. The van der Waals surface area contributed by atoms with E-state index in [2.05, 4.69) is 0 Å². The van der Waals surface area contributed by atoms with Crippen molar-refractivity contribution in [2.75, 3.05) is 7.11 Å².